The van der Waals surface area contributed by atoms with Crippen molar-refractivity contribution in [3.63, 3.8) is 0 Å². The highest BCUT2D eigenvalue weighted by atomic mass is 16.5. The minimum atomic E-state index is 0.504. The molecule has 0 amide bonds. The SMILES string of the molecule is Cc1cc(N)cc(-c2nc(CC3CCOC3)no2)c1C. The van der Waals surface area contributed by atoms with Crippen molar-refractivity contribution in [1.82, 2.24) is 10.1 Å². The van der Waals surface area contributed by atoms with E-state index in [-0.39, 0.29) is 0 Å². The molecular weight excluding hydrogens is 254 g/mol. The lowest BCUT2D eigenvalue weighted by Crippen LogP contribution is -2.04. The maximum atomic E-state index is 5.90. The van der Waals surface area contributed by atoms with Gasteiger partial charge in [0.1, 0.15) is 0 Å². The van der Waals surface area contributed by atoms with E-state index in [2.05, 4.69) is 10.1 Å². The zero-order valence-electron chi connectivity index (χ0n) is 11.8. The fourth-order valence-corrected chi connectivity index (χ4v) is 2.56. The molecule has 20 heavy (non-hydrogen) atoms. The van der Waals surface area contributed by atoms with Crippen LogP contribution in [-0.4, -0.2) is 23.4 Å². The number of nitrogens with zero attached hydrogens (tertiary/aromatic N) is 2. The topological polar surface area (TPSA) is 74.2 Å². The van der Waals surface area contributed by atoms with Crippen molar-refractivity contribution >= 4 is 5.69 Å². The number of anilines is 1. The van der Waals surface area contributed by atoms with Crippen LogP contribution in [-0.2, 0) is 11.2 Å². The Labute approximate surface area is 118 Å². The summed E-state index contributed by atoms with van der Waals surface area (Å²) < 4.78 is 10.8. The Morgan fingerprint density at radius 1 is 1.35 bits per heavy atom. The van der Waals surface area contributed by atoms with E-state index < -0.39 is 0 Å². The van der Waals surface area contributed by atoms with Gasteiger partial charge in [-0.1, -0.05) is 5.16 Å². The van der Waals surface area contributed by atoms with Crippen LogP contribution in [0.15, 0.2) is 16.7 Å². The lowest BCUT2D eigenvalue weighted by molar-refractivity contribution is 0.185. The molecule has 1 atom stereocenters. The number of benzene rings is 1. The van der Waals surface area contributed by atoms with Gasteiger partial charge >= 0.3 is 0 Å². The van der Waals surface area contributed by atoms with Crippen LogP contribution in [0.3, 0.4) is 0 Å². The molecule has 0 bridgehead atoms. The van der Waals surface area contributed by atoms with Crippen LogP contribution < -0.4 is 5.73 Å². The largest absolute Gasteiger partial charge is 0.399 e. The van der Waals surface area contributed by atoms with Crippen LogP contribution in [0.2, 0.25) is 0 Å². The van der Waals surface area contributed by atoms with Crippen LogP contribution in [0, 0.1) is 19.8 Å². The number of nitrogens with two attached hydrogens (primary N) is 1. The van der Waals surface area contributed by atoms with Crippen molar-refractivity contribution in [2.45, 2.75) is 26.7 Å². The molecule has 2 aromatic rings. The van der Waals surface area contributed by atoms with Gasteiger partial charge in [-0.25, -0.2) is 0 Å². The van der Waals surface area contributed by atoms with Crippen LogP contribution in [0.25, 0.3) is 11.5 Å². The minimum Gasteiger partial charge on any atom is -0.399 e. The van der Waals surface area contributed by atoms with Gasteiger partial charge in [-0.15, -0.1) is 0 Å². The average molecular weight is 273 g/mol. The Bertz CT molecular complexity index is 616. The van der Waals surface area contributed by atoms with Gasteiger partial charge in [-0.05, 0) is 49.4 Å². The summed E-state index contributed by atoms with van der Waals surface area (Å²) in [6.45, 7) is 5.70. The summed E-state index contributed by atoms with van der Waals surface area (Å²) >= 11 is 0. The molecule has 0 spiro atoms. The molecule has 0 aliphatic carbocycles. The fourth-order valence-electron chi connectivity index (χ4n) is 2.56. The van der Waals surface area contributed by atoms with Gasteiger partial charge in [0.15, 0.2) is 5.82 Å². The van der Waals surface area contributed by atoms with Gasteiger partial charge in [0.05, 0.1) is 0 Å². The molecule has 2 heterocycles. The first kappa shape index (κ1) is 13.1. The summed E-state index contributed by atoms with van der Waals surface area (Å²) in [4.78, 5) is 4.50. The molecule has 0 radical (unpaired) electrons. The first-order valence-corrected chi connectivity index (χ1v) is 6.91. The predicted molar refractivity (Wildman–Crippen MR) is 76.3 cm³/mol. The smallest absolute Gasteiger partial charge is 0.258 e. The summed E-state index contributed by atoms with van der Waals surface area (Å²) in [5.74, 6) is 1.80. The van der Waals surface area contributed by atoms with Gasteiger partial charge in [-0.3, -0.25) is 0 Å². The van der Waals surface area contributed by atoms with Crippen LogP contribution >= 0.6 is 0 Å². The fraction of sp³-hybridized carbons (Fsp3) is 0.467. The molecule has 1 aromatic carbocycles. The molecule has 5 nitrogen and oxygen atoms in total. The number of hydrogen-bond donors (Lipinski definition) is 1. The summed E-state index contributed by atoms with van der Waals surface area (Å²) in [6.07, 6.45) is 1.88. The zero-order chi connectivity index (χ0) is 14.1. The Kier molecular flexibility index (Phi) is 3.44. The minimum absolute atomic E-state index is 0.504. The van der Waals surface area contributed by atoms with E-state index in [1.54, 1.807) is 0 Å². The molecule has 1 unspecified atom stereocenters. The number of rotatable bonds is 3. The van der Waals surface area contributed by atoms with Crippen LogP contribution in [0.4, 0.5) is 5.69 Å². The maximum Gasteiger partial charge on any atom is 0.258 e. The third-order valence-electron chi connectivity index (χ3n) is 3.88. The molecule has 2 N–H and O–H groups in total. The molecule has 0 saturated carbocycles. The third-order valence-corrected chi connectivity index (χ3v) is 3.88. The number of nitrogen functional groups attached to an aromatic ring is 1. The standard InChI is InChI=1S/C15H19N3O2/c1-9-5-12(16)7-13(10(9)2)15-17-14(18-20-15)6-11-3-4-19-8-11/h5,7,11H,3-4,6,8,16H2,1-2H3. The Hall–Kier alpha value is -1.88. The molecule has 1 saturated heterocycles. The monoisotopic (exact) mass is 273 g/mol. The highest BCUT2D eigenvalue weighted by molar-refractivity contribution is 5.66. The first-order valence-electron chi connectivity index (χ1n) is 6.91. The van der Waals surface area contributed by atoms with Crippen molar-refractivity contribution in [2.75, 3.05) is 18.9 Å². The summed E-state index contributed by atoms with van der Waals surface area (Å²) in [7, 11) is 0. The number of hydrogen-bond acceptors (Lipinski definition) is 5. The Balaban J connectivity index is 1.86. The Morgan fingerprint density at radius 2 is 2.20 bits per heavy atom. The van der Waals surface area contributed by atoms with E-state index in [4.69, 9.17) is 15.0 Å². The third kappa shape index (κ3) is 2.54. The van der Waals surface area contributed by atoms with E-state index in [0.717, 1.165) is 48.6 Å². The summed E-state index contributed by atoms with van der Waals surface area (Å²) in [5.41, 5.74) is 9.79. The number of aromatic nitrogens is 2. The van der Waals surface area contributed by atoms with Crippen molar-refractivity contribution in [3.8, 4) is 11.5 Å². The van der Waals surface area contributed by atoms with E-state index in [0.29, 0.717) is 17.5 Å². The first-order chi connectivity index (χ1) is 9.63. The molecule has 1 aliphatic rings. The van der Waals surface area contributed by atoms with Crippen LogP contribution in [0.5, 0.6) is 0 Å². The highest BCUT2D eigenvalue weighted by Gasteiger charge is 2.20. The molecule has 1 aromatic heterocycles. The number of aryl methyl sites for hydroxylation is 1. The second-order valence-corrected chi connectivity index (χ2v) is 5.46. The maximum absolute atomic E-state index is 5.90. The highest BCUT2D eigenvalue weighted by Crippen LogP contribution is 2.27. The van der Waals surface area contributed by atoms with Gasteiger partial charge < -0.3 is 15.0 Å². The molecular formula is C15H19N3O2. The van der Waals surface area contributed by atoms with Gasteiger partial charge in [0.25, 0.3) is 5.89 Å². The lowest BCUT2D eigenvalue weighted by atomic mass is 10.0. The summed E-state index contributed by atoms with van der Waals surface area (Å²) in [5, 5.41) is 4.07. The van der Waals surface area contributed by atoms with Gasteiger partial charge in [0.2, 0.25) is 0 Å². The zero-order valence-corrected chi connectivity index (χ0v) is 11.8. The van der Waals surface area contributed by atoms with E-state index in [1.165, 1.54) is 0 Å². The van der Waals surface area contributed by atoms with Crippen molar-refractivity contribution in [1.29, 1.82) is 0 Å². The van der Waals surface area contributed by atoms with Crippen molar-refractivity contribution < 1.29 is 9.26 Å². The lowest BCUT2D eigenvalue weighted by Gasteiger charge is -2.06. The number of ether oxygens (including phenoxy) is 1. The van der Waals surface area contributed by atoms with Crippen molar-refractivity contribution in [3.05, 3.63) is 29.1 Å². The average Bonchev–Trinajstić information content (AvgIpc) is 3.06. The molecule has 3 rings (SSSR count). The van der Waals surface area contributed by atoms with Gasteiger partial charge in [0, 0.05) is 30.9 Å². The van der Waals surface area contributed by atoms with E-state index >= 15 is 0 Å². The van der Waals surface area contributed by atoms with Crippen molar-refractivity contribution in [2.24, 2.45) is 5.92 Å². The molecule has 5 heteroatoms. The molecule has 1 aliphatic heterocycles. The summed E-state index contributed by atoms with van der Waals surface area (Å²) in [6, 6.07) is 3.84. The molecule has 1 fully saturated rings. The van der Waals surface area contributed by atoms with E-state index in [1.807, 2.05) is 26.0 Å². The molecule has 106 valence electrons. The van der Waals surface area contributed by atoms with E-state index in [9.17, 15) is 0 Å². The quantitative estimate of drug-likeness (QED) is 0.870. The van der Waals surface area contributed by atoms with Gasteiger partial charge in [-0.2, -0.15) is 4.98 Å². The second kappa shape index (κ2) is 5.25. The second-order valence-electron chi connectivity index (χ2n) is 5.46. The predicted octanol–water partition coefficient (Wildman–Crippen LogP) is 2.51. The Morgan fingerprint density at radius 3 is 2.95 bits per heavy atom. The van der Waals surface area contributed by atoms with Crippen LogP contribution in [0.1, 0.15) is 23.4 Å². The normalized spacial score (nSPS) is 18.6.